The summed E-state index contributed by atoms with van der Waals surface area (Å²) in [4.78, 5) is 37.9. The van der Waals surface area contributed by atoms with Crippen LogP contribution in [0, 0.1) is 5.92 Å². The van der Waals surface area contributed by atoms with Gasteiger partial charge in [0.1, 0.15) is 5.75 Å². The molecule has 3 rings (SSSR count). The highest BCUT2D eigenvalue weighted by Gasteiger charge is 2.30. The number of carbonyl (C=O) groups is 3. The van der Waals surface area contributed by atoms with Crippen LogP contribution in [-0.4, -0.2) is 42.4 Å². The Morgan fingerprint density at radius 2 is 1.84 bits per heavy atom. The molecule has 10 heteroatoms. The summed E-state index contributed by atoms with van der Waals surface area (Å²) in [5.41, 5.74) is 6.48. The first-order valence-electron chi connectivity index (χ1n) is 10.1. The number of amides is 4. The Morgan fingerprint density at radius 3 is 2.53 bits per heavy atom. The van der Waals surface area contributed by atoms with Gasteiger partial charge in [-0.05, 0) is 42.7 Å². The highest BCUT2D eigenvalue weighted by Crippen LogP contribution is 2.25. The van der Waals surface area contributed by atoms with E-state index in [1.54, 1.807) is 30.3 Å². The summed E-state index contributed by atoms with van der Waals surface area (Å²) >= 11 is 0. The predicted octanol–water partition coefficient (Wildman–Crippen LogP) is 2.95. The molecule has 1 heterocycles. The minimum atomic E-state index is -3.04. The summed E-state index contributed by atoms with van der Waals surface area (Å²) in [6.07, 6.45) is 1.24. The van der Waals surface area contributed by atoms with Crippen molar-refractivity contribution in [1.29, 1.82) is 0 Å². The van der Waals surface area contributed by atoms with Crippen LogP contribution >= 0.6 is 0 Å². The van der Waals surface area contributed by atoms with Crippen LogP contribution < -0.4 is 21.1 Å². The molecule has 0 bridgehead atoms. The molecule has 2 aromatic carbocycles. The zero-order valence-corrected chi connectivity index (χ0v) is 17.2. The van der Waals surface area contributed by atoms with Gasteiger partial charge >= 0.3 is 12.6 Å². The van der Waals surface area contributed by atoms with Crippen molar-refractivity contribution in [2.24, 2.45) is 11.7 Å². The van der Waals surface area contributed by atoms with E-state index in [1.807, 2.05) is 0 Å². The third kappa shape index (κ3) is 6.16. The van der Waals surface area contributed by atoms with Crippen LogP contribution in [0.3, 0.4) is 0 Å². The molecule has 4 amide bonds. The van der Waals surface area contributed by atoms with E-state index in [-0.39, 0.29) is 30.3 Å². The lowest BCUT2D eigenvalue weighted by Gasteiger charge is -2.32. The Morgan fingerprint density at radius 1 is 1.12 bits per heavy atom. The number of alkyl halides is 2. The summed E-state index contributed by atoms with van der Waals surface area (Å²) in [6.45, 7) is -2.13. The number of urea groups is 1. The number of nitrogens with one attached hydrogen (secondary N) is 2. The van der Waals surface area contributed by atoms with Crippen LogP contribution in [0.5, 0.6) is 5.75 Å². The van der Waals surface area contributed by atoms with E-state index < -0.39 is 24.5 Å². The second-order valence-corrected chi connectivity index (χ2v) is 7.37. The first-order valence-corrected chi connectivity index (χ1v) is 10.1. The Hall–Kier alpha value is -3.69. The summed E-state index contributed by atoms with van der Waals surface area (Å²) in [6, 6.07) is 12.0. The molecule has 0 radical (unpaired) electrons. The maximum absolute atomic E-state index is 12.9. The van der Waals surface area contributed by atoms with E-state index in [0.29, 0.717) is 25.1 Å². The van der Waals surface area contributed by atoms with Gasteiger partial charge in [-0.2, -0.15) is 8.78 Å². The molecule has 0 aromatic heterocycles. The number of carbonyl (C=O) groups excluding carboxylic acids is 3. The van der Waals surface area contributed by atoms with Gasteiger partial charge in [0.05, 0.1) is 11.5 Å². The average molecular weight is 446 g/mol. The molecule has 4 N–H and O–H groups in total. The summed E-state index contributed by atoms with van der Waals surface area (Å²) in [5, 5.41) is 5.31. The number of halogens is 2. The van der Waals surface area contributed by atoms with Gasteiger partial charge in [0.2, 0.25) is 5.91 Å². The van der Waals surface area contributed by atoms with Crippen molar-refractivity contribution in [3.63, 3.8) is 0 Å². The molecule has 0 saturated carbocycles. The van der Waals surface area contributed by atoms with Crippen LogP contribution in [0.1, 0.15) is 28.8 Å². The van der Waals surface area contributed by atoms with E-state index >= 15 is 0 Å². The number of anilines is 1. The number of benzene rings is 2. The lowest BCUT2D eigenvalue weighted by molar-refractivity contribution is -0.126. The van der Waals surface area contributed by atoms with Crippen molar-refractivity contribution >= 4 is 23.5 Å². The van der Waals surface area contributed by atoms with Gasteiger partial charge in [-0.25, -0.2) is 4.79 Å². The average Bonchev–Trinajstić information content (AvgIpc) is 2.77. The molecule has 1 atom stereocenters. The smallest absolute Gasteiger partial charge is 0.387 e. The maximum atomic E-state index is 12.9. The van der Waals surface area contributed by atoms with Gasteiger partial charge in [-0.1, -0.05) is 24.3 Å². The van der Waals surface area contributed by atoms with Gasteiger partial charge in [0, 0.05) is 25.3 Å². The van der Waals surface area contributed by atoms with Crippen molar-refractivity contribution in [2.45, 2.75) is 26.0 Å². The highest BCUT2D eigenvalue weighted by molar-refractivity contribution is 5.97. The van der Waals surface area contributed by atoms with Gasteiger partial charge in [-0.3, -0.25) is 9.59 Å². The Balaban J connectivity index is 1.58. The third-order valence-corrected chi connectivity index (χ3v) is 5.10. The molecular formula is C22H24F2N4O4. The number of piperidine rings is 1. The number of nitrogens with two attached hydrogens (primary N) is 1. The summed E-state index contributed by atoms with van der Waals surface area (Å²) < 4.78 is 29.8. The second-order valence-electron chi connectivity index (χ2n) is 7.37. The molecule has 1 saturated heterocycles. The number of primary amides is 1. The Kier molecular flexibility index (Phi) is 7.58. The maximum Gasteiger partial charge on any atom is 0.387 e. The van der Waals surface area contributed by atoms with E-state index in [1.165, 1.54) is 23.1 Å². The molecule has 0 aliphatic carbocycles. The van der Waals surface area contributed by atoms with Crippen LogP contribution in [-0.2, 0) is 11.3 Å². The number of hydrogen-bond donors (Lipinski definition) is 3. The Bertz CT molecular complexity index is 969. The standard InChI is InChI=1S/C22H24F2N4O4/c23-21(24)32-18-6-2-1-5-17(18)20(30)28-11-3-4-15(13-28)19(29)26-12-14-7-9-16(10-8-14)27-22(25)31/h1-2,5-10,15,21H,3-4,11-13H2,(H,26,29)(H3,25,27,31). The van der Waals surface area contributed by atoms with Gasteiger partial charge < -0.3 is 26.0 Å². The van der Waals surface area contributed by atoms with Crippen LogP contribution in [0.2, 0.25) is 0 Å². The van der Waals surface area contributed by atoms with Crippen molar-refractivity contribution in [1.82, 2.24) is 10.2 Å². The van der Waals surface area contributed by atoms with E-state index in [9.17, 15) is 23.2 Å². The van der Waals surface area contributed by atoms with Crippen LogP contribution in [0.15, 0.2) is 48.5 Å². The molecule has 1 aliphatic heterocycles. The van der Waals surface area contributed by atoms with Gasteiger partial charge in [0.25, 0.3) is 5.91 Å². The minimum Gasteiger partial charge on any atom is -0.434 e. The quantitative estimate of drug-likeness (QED) is 0.607. The van der Waals surface area contributed by atoms with Gasteiger partial charge in [0.15, 0.2) is 0 Å². The van der Waals surface area contributed by atoms with Crippen molar-refractivity contribution in [3.8, 4) is 5.75 Å². The number of para-hydroxylation sites is 1. The second kappa shape index (κ2) is 10.6. The SMILES string of the molecule is NC(=O)Nc1ccc(CNC(=O)C2CCCN(C(=O)c3ccccc3OC(F)F)C2)cc1. The topological polar surface area (TPSA) is 114 Å². The molecule has 1 aliphatic rings. The molecule has 1 unspecified atom stereocenters. The summed E-state index contributed by atoms with van der Waals surface area (Å²) in [7, 11) is 0. The number of ether oxygens (including phenoxy) is 1. The first-order chi connectivity index (χ1) is 15.3. The highest BCUT2D eigenvalue weighted by atomic mass is 19.3. The zero-order chi connectivity index (χ0) is 23.1. The molecule has 0 spiro atoms. The minimum absolute atomic E-state index is 0.0403. The third-order valence-electron chi connectivity index (χ3n) is 5.10. The van der Waals surface area contributed by atoms with Crippen molar-refractivity contribution in [2.75, 3.05) is 18.4 Å². The fourth-order valence-electron chi connectivity index (χ4n) is 3.57. The fraction of sp³-hybridized carbons (Fsp3) is 0.318. The van der Waals surface area contributed by atoms with Crippen molar-refractivity contribution in [3.05, 3.63) is 59.7 Å². The lowest BCUT2D eigenvalue weighted by atomic mass is 9.96. The number of likely N-dealkylation sites (tertiary alicyclic amines) is 1. The predicted molar refractivity (Wildman–Crippen MR) is 113 cm³/mol. The number of rotatable bonds is 7. The molecular weight excluding hydrogens is 422 g/mol. The van der Waals surface area contributed by atoms with Gasteiger partial charge in [-0.15, -0.1) is 0 Å². The number of hydrogen-bond acceptors (Lipinski definition) is 4. The fourth-order valence-corrected chi connectivity index (χ4v) is 3.57. The molecule has 8 nitrogen and oxygen atoms in total. The van der Waals surface area contributed by atoms with Crippen LogP contribution in [0.25, 0.3) is 0 Å². The zero-order valence-electron chi connectivity index (χ0n) is 17.2. The largest absolute Gasteiger partial charge is 0.434 e. The molecule has 1 fully saturated rings. The monoisotopic (exact) mass is 446 g/mol. The lowest BCUT2D eigenvalue weighted by Crippen LogP contribution is -2.45. The summed E-state index contributed by atoms with van der Waals surface area (Å²) in [5.74, 6) is -1.24. The molecule has 32 heavy (non-hydrogen) atoms. The normalized spacial score (nSPS) is 15.8. The van der Waals surface area contributed by atoms with E-state index in [4.69, 9.17) is 5.73 Å². The number of nitrogens with zero attached hydrogens (tertiary/aromatic N) is 1. The molecule has 170 valence electrons. The first kappa shape index (κ1) is 23.0. The van der Waals surface area contributed by atoms with E-state index in [0.717, 1.165) is 5.56 Å². The molecule has 2 aromatic rings. The van der Waals surface area contributed by atoms with Crippen molar-refractivity contribution < 1.29 is 27.9 Å². The Labute approximate surface area is 183 Å². The van der Waals surface area contributed by atoms with E-state index in [2.05, 4.69) is 15.4 Å². The van der Waals surface area contributed by atoms with Crippen LogP contribution in [0.4, 0.5) is 19.3 Å².